The molecule has 0 saturated carbocycles. The summed E-state index contributed by atoms with van der Waals surface area (Å²) in [5.41, 5.74) is 10.2. The highest BCUT2D eigenvalue weighted by atomic mass is 15.2. The Balaban J connectivity index is 1.89. The second-order valence-corrected chi connectivity index (χ2v) is 5.64. The Morgan fingerprint density at radius 1 is 1.35 bits per heavy atom. The van der Waals surface area contributed by atoms with Crippen LogP contribution in [0.15, 0.2) is 18.2 Å². The van der Waals surface area contributed by atoms with Crippen LogP contribution in [0.5, 0.6) is 0 Å². The summed E-state index contributed by atoms with van der Waals surface area (Å²) in [4.78, 5) is 2.64. The summed E-state index contributed by atoms with van der Waals surface area (Å²) in [5.74, 6) is 0.752. The summed E-state index contributed by atoms with van der Waals surface area (Å²) in [5, 5.41) is 0. The van der Waals surface area contributed by atoms with Crippen LogP contribution in [0.4, 0.5) is 5.69 Å². The fourth-order valence-corrected chi connectivity index (χ4v) is 3.41. The monoisotopic (exact) mass is 230 g/mol. The lowest BCUT2D eigenvalue weighted by molar-refractivity contribution is 0.328. The number of aryl methyl sites for hydroxylation is 2. The maximum atomic E-state index is 5.83. The number of hydrogen-bond acceptors (Lipinski definition) is 2. The highest BCUT2D eigenvalue weighted by Gasteiger charge is 2.31. The van der Waals surface area contributed by atoms with Gasteiger partial charge in [-0.1, -0.05) is 12.1 Å². The molecule has 1 aromatic rings. The van der Waals surface area contributed by atoms with E-state index in [1.54, 1.807) is 0 Å². The molecule has 1 fully saturated rings. The number of piperidine rings is 1. The molecule has 2 aliphatic heterocycles. The maximum Gasteiger partial charge on any atom is 0.0403 e. The molecule has 2 heteroatoms. The molecule has 2 N–H and O–H groups in total. The molecule has 1 saturated heterocycles. The van der Waals surface area contributed by atoms with Crippen molar-refractivity contribution in [1.29, 1.82) is 0 Å². The van der Waals surface area contributed by atoms with Crippen LogP contribution in [0.3, 0.4) is 0 Å². The Bertz CT molecular complexity index is 413. The molecule has 0 spiro atoms. The van der Waals surface area contributed by atoms with E-state index in [0.29, 0.717) is 0 Å². The number of nitrogens with zero attached hydrogens (tertiary/aromatic N) is 1. The van der Waals surface area contributed by atoms with E-state index in [0.717, 1.165) is 18.5 Å². The van der Waals surface area contributed by atoms with E-state index < -0.39 is 0 Å². The van der Waals surface area contributed by atoms with Crippen molar-refractivity contribution in [2.45, 2.75) is 38.6 Å². The van der Waals surface area contributed by atoms with Gasteiger partial charge in [-0.05, 0) is 62.3 Å². The molecule has 2 atom stereocenters. The Hall–Kier alpha value is -1.02. The van der Waals surface area contributed by atoms with Crippen molar-refractivity contribution in [1.82, 2.24) is 0 Å². The normalized spacial score (nSPS) is 27.5. The largest absolute Gasteiger partial charge is 0.368 e. The molecular weight excluding hydrogens is 208 g/mol. The van der Waals surface area contributed by atoms with Gasteiger partial charge in [0.25, 0.3) is 0 Å². The second-order valence-electron chi connectivity index (χ2n) is 5.64. The van der Waals surface area contributed by atoms with Gasteiger partial charge in [0.1, 0.15) is 0 Å². The van der Waals surface area contributed by atoms with Crippen LogP contribution in [0, 0.1) is 12.8 Å². The number of anilines is 1. The molecule has 0 radical (unpaired) electrons. The molecule has 0 amide bonds. The summed E-state index contributed by atoms with van der Waals surface area (Å²) >= 11 is 0. The van der Waals surface area contributed by atoms with Gasteiger partial charge >= 0.3 is 0 Å². The van der Waals surface area contributed by atoms with Gasteiger partial charge in [0, 0.05) is 18.3 Å². The van der Waals surface area contributed by atoms with Crippen molar-refractivity contribution < 1.29 is 0 Å². The SMILES string of the molecule is Cc1ccc2c(c1)N1CCC(CN)CC1CC2. The number of fused-ring (bicyclic) bond motifs is 3. The van der Waals surface area contributed by atoms with Crippen molar-refractivity contribution in [2.75, 3.05) is 18.0 Å². The van der Waals surface area contributed by atoms with E-state index in [1.807, 2.05) is 0 Å². The number of hydrogen-bond donors (Lipinski definition) is 1. The maximum absolute atomic E-state index is 5.83. The van der Waals surface area contributed by atoms with Gasteiger partial charge in [0.05, 0.1) is 0 Å². The van der Waals surface area contributed by atoms with E-state index in [1.165, 1.54) is 49.0 Å². The van der Waals surface area contributed by atoms with Crippen LogP contribution >= 0.6 is 0 Å². The molecule has 0 bridgehead atoms. The molecule has 2 heterocycles. The van der Waals surface area contributed by atoms with Crippen LogP contribution in [0.1, 0.15) is 30.4 Å². The van der Waals surface area contributed by atoms with E-state index in [2.05, 4.69) is 30.0 Å². The zero-order valence-electron chi connectivity index (χ0n) is 10.7. The van der Waals surface area contributed by atoms with Gasteiger partial charge in [-0.2, -0.15) is 0 Å². The molecule has 2 nitrogen and oxygen atoms in total. The molecule has 1 aromatic carbocycles. The zero-order chi connectivity index (χ0) is 11.8. The van der Waals surface area contributed by atoms with Crippen molar-refractivity contribution in [3.05, 3.63) is 29.3 Å². The third kappa shape index (κ3) is 1.95. The molecular formula is C15H22N2. The van der Waals surface area contributed by atoms with Gasteiger partial charge in [-0.25, -0.2) is 0 Å². The predicted molar refractivity (Wildman–Crippen MR) is 72.4 cm³/mol. The summed E-state index contributed by atoms with van der Waals surface area (Å²) in [6.45, 7) is 4.25. The fraction of sp³-hybridized carbons (Fsp3) is 0.600. The average Bonchev–Trinajstić information content (AvgIpc) is 2.37. The van der Waals surface area contributed by atoms with Gasteiger partial charge in [-0.15, -0.1) is 0 Å². The van der Waals surface area contributed by atoms with Crippen LogP contribution in [0.2, 0.25) is 0 Å². The lowest BCUT2D eigenvalue weighted by Gasteiger charge is -2.44. The lowest BCUT2D eigenvalue weighted by Crippen LogP contribution is -2.46. The van der Waals surface area contributed by atoms with Gasteiger partial charge in [0.15, 0.2) is 0 Å². The van der Waals surface area contributed by atoms with E-state index >= 15 is 0 Å². The first-order chi connectivity index (χ1) is 8.28. The Labute approximate surface area is 104 Å². The molecule has 0 aliphatic carbocycles. The van der Waals surface area contributed by atoms with Gasteiger partial charge in [0.2, 0.25) is 0 Å². The van der Waals surface area contributed by atoms with E-state index in [-0.39, 0.29) is 0 Å². The minimum atomic E-state index is 0.742. The quantitative estimate of drug-likeness (QED) is 0.803. The standard InChI is InChI=1S/C15H22N2/c1-11-2-3-13-4-5-14-9-12(10-16)6-7-17(14)15(13)8-11/h2-3,8,12,14H,4-7,9-10,16H2,1H3. The minimum Gasteiger partial charge on any atom is -0.368 e. The fourth-order valence-electron chi connectivity index (χ4n) is 3.41. The predicted octanol–water partition coefficient (Wildman–Crippen LogP) is 2.48. The number of nitrogens with two attached hydrogens (primary N) is 1. The highest BCUT2D eigenvalue weighted by Crippen LogP contribution is 2.37. The zero-order valence-corrected chi connectivity index (χ0v) is 10.7. The van der Waals surface area contributed by atoms with Crippen LogP contribution in [0.25, 0.3) is 0 Å². The first kappa shape index (κ1) is 11.1. The van der Waals surface area contributed by atoms with Gasteiger partial charge in [-0.3, -0.25) is 0 Å². The first-order valence-electron chi connectivity index (χ1n) is 6.84. The summed E-state index contributed by atoms with van der Waals surface area (Å²) in [6.07, 6.45) is 5.12. The van der Waals surface area contributed by atoms with Crippen molar-refractivity contribution in [3.63, 3.8) is 0 Å². The molecule has 17 heavy (non-hydrogen) atoms. The van der Waals surface area contributed by atoms with Gasteiger partial charge < -0.3 is 10.6 Å². The van der Waals surface area contributed by atoms with Crippen molar-refractivity contribution in [3.8, 4) is 0 Å². The molecule has 3 rings (SSSR count). The van der Waals surface area contributed by atoms with E-state index in [9.17, 15) is 0 Å². The number of rotatable bonds is 1. The molecule has 92 valence electrons. The Morgan fingerprint density at radius 3 is 3.06 bits per heavy atom. The molecule has 0 aromatic heterocycles. The van der Waals surface area contributed by atoms with Crippen LogP contribution < -0.4 is 10.6 Å². The minimum absolute atomic E-state index is 0.742. The Morgan fingerprint density at radius 2 is 2.24 bits per heavy atom. The third-order valence-electron chi connectivity index (χ3n) is 4.45. The second kappa shape index (κ2) is 4.34. The first-order valence-corrected chi connectivity index (χ1v) is 6.84. The van der Waals surface area contributed by atoms with E-state index in [4.69, 9.17) is 5.73 Å². The lowest BCUT2D eigenvalue weighted by atomic mass is 9.84. The van der Waals surface area contributed by atoms with Crippen molar-refractivity contribution in [2.24, 2.45) is 11.7 Å². The third-order valence-corrected chi connectivity index (χ3v) is 4.45. The Kier molecular flexibility index (Phi) is 2.83. The topological polar surface area (TPSA) is 29.3 Å². The molecule has 2 aliphatic rings. The molecule has 2 unspecified atom stereocenters. The smallest absolute Gasteiger partial charge is 0.0403 e. The average molecular weight is 230 g/mol. The summed E-state index contributed by atoms with van der Waals surface area (Å²) in [6, 6.07) is 7.66. The summed E-state index contributed by atoms with van der Waals surface area (Å²) in [7, 11) is 0. The van der Waals surface area contributed by atoms with Crippen LogP contribution in [-0.4, -0.2) is 19.1 Å². The number of benzene rings is 1. The summed E-state index contributed by atoms with van der Waals surface area (Å²) < 4.78 is 0. The van der Waals surface area contributed by atoms with Crippen LogP contribution in [-0.2, 0) is 6.42 Å². The highest BCUT2D eigenvalue weighted by molar-refractivity contribution is 5.58. The van der Waals surface area contributed by atoms with Crippen molar-refractivity contribution >= 4 is 5.69 Å².